The summed E-state index contributed by atoms with van der Waals surface area (Å²) in [7, 11) is 2.13. The number of rotatable bonds is 6. The second kappa shape index (κ2) is 10.7. The molecule has 0 bridgehead atoms. The first-order valence-electron chi connectivity index (χ1n) is 12.0. The van der Waals surface area contributed by atoms with Crippen LogP contribution in [-0.4, -0.2) is 55.8 Å². The van der Waals surface area contributed by atoms with Crippen LogP contribution >= 0.6 is 0 Å². The Hall–Kier alpha value is -3.39. The Morgan fingerprint density at radius 2 is 1.56 bits per heavy atom. The summed E-state index contributed by atoms with van der Waals surface area (Å²) in [6.07, 6.45) is 4.50. The molecule has 1 unspecified atom stereocenters. The van der Waals surface area contributed by atoms with Gasteiger partial charge < -0.3 is 20.9 Å². The zero-order valence-electron chi connectivity index (χ0n) is 19.9. The average Bonchev–Trinajstić information content (AvgIpc) is 3.35. The molecule has 0 spiro atoms. The van der Waals surface area contributed by atoms with Crippen molar-refractivity contribution in [3.8, 4) is 0 Å². The smallest absolute Gasteiger partial charge is 0.313 e. The third kappa shape index (κ3) is 5.75. The minimum Gasteiger partial charge on any atom is -0.374 e. The number of carbonyl (C=O) groups excluding carboxylic acids is 3. The maximum atomic E-state index is 12.6. The number of nitrogens with zero attached hydrogens (tertiary/aromatic N) is 2. The van der Waals surface area contributed by atoms with E-state index in [1.807, 2.05) is 0 Å². The van der Waals surface area contributed by atoms with Gasteiger partial charge in [-0.05, 0) is 80.2 Å². The molecule has 3 amide bonds. The molecule has 4 rings (SSSR count). The first-order chi connectivity index (χ1) is 16.4. The number of hydrogen-bond acceptors (Lipinski definition) is 5. The van der Waals surface area contributed by atoms with E-state index in [1.165, 1.54) is 23.7 Å². The van der Waals surface area contributed by atoms with Crippen molar-refractivity contribution in [1.29, 1.82) is 0 Å². The molecular formula is C26H33N5O3. The molecule has 2 aliphatic rings. The van der Waals surface area contributed by atoms with Crippen LogP contribution in [0.1, 0.15) is 43.4 Å². The maximum Gasteiger partial charge on any atom is 0.313 e. The Morgan fingerprint density at radius 3 is 2.24 bits per heavy atom. The topological polar surface area (TPSA) is 93.8 Å². The number of benzene rings is 2. The highest BCUT2D eigenvalue weighted by atomic mass is 16.2. The molecule has 0 radical (unpaired) electrons. The molecule has 2 aromatic carbocycles. The second-order valence-electron chi connectivity index (χ2n) is 9.09. The van der Waals surface area contributed by atoms with Gasteiger partial charge in [0.2, 0.25) is 5.91 Å². The van der Waals surface area contributed by atoms with E-state index in [4.69, 9.17) is 0 Å². The van der Waals surface area contributed by atoms with E-state index in [9.17, 15) is 14.4 Å². The molecule has 2 aromatic rings. The largest absolute Gasteiger partial charge is 0.374 e. The normalized spacial score (nSPS) is 16.5. The molecule has 1 saturated heterocycles. The van der Waals surface area contributed by atoms with Crippen molar-refractivity contribution in [3.05, 3.63) is 53.6 Å². The summed E-state index contributed by atoms with van der Waals surface area (Å²) in [5.41, 5.74) is 4.93. The van der Waals surface area contributed by atoms with Crippen LogP contribution in [0.4, 0.5) is 17.1 Å². The van der Waals surface area contributed by atoms with E-state index in [2.05, 4.69) is 51.0 Å². The number of nitrogens with one attached hydrogen (secondary N) is 3. The van der Waals surface area contributed by atoms with E-state index in [0.29, 0.717) is 17.9 Å². The fourth-order valence-corrected chi connectivity index (χ4v) is 4.82. The molecular weight excluding hydrogens is 430 g/mol. The molecule has 2 aliphatic heterocycles. The molecule has 0 saturated carbocycles. The summed E-state index contributed by atoms with van der Waals surface area (Å²) in [5, 5.41) is 8.13. The Morgan fingerprint density at radius 1 is 0.882 bits per heavy atom. The lowest BCUT2D eigenvalue weighted by Crippen LogP contribution is -2.41. The fraction of sp³-hybridized carbons (Fsp3) is 0.423. The van der Waals surface area contributed by atoms with Gasteiger partial charge in [0, 0.05) is 44.1 Å². The predicted octanol–water partition coefficient (Wildman–Crippen LogP) is 2.92. The molecule has 1 fully saturated rings. The molecule has 0 aliphatic carbocycles. The minimum absolute atomic E-state index is 0.0359. The molecule has 8 heteroatoms. The van der Waals surface area contributed by atoms with Crippen LogP contribution in [0.3, 0.4) is 0 Å². The third-order valence-corrected chi connectivity index (χ3v) is 6.55. The highest BCUT2D eigenvalue weighted by Crippen LogP contribution is 2.31. The summed E-state index contributed by atoms with van der Waals surface area (Å²) in [5.74, 6) is -1.54. The van der Waals surface area contributed by atoms with Crippen LogP contribution in [-0.2, 0) is 20.8 Å². The quantitative estimate of drug-likeness (QED) is 0.573. The Balaban J connectivity index is 1.40. The standard InChI is InChI=1S/C26H33N5O3/c1-18(32)28-21-8-10-22(11-9-21)29-26(34)25(33)27-17-24(31-14-3-4-15-31)20-7-12-23-19(16-20)6-5-13-30(23)2/h7-12,16,24H,3-6,13-15,17H2,1-2H3,(H,27,33)(H,28,32)(H,29,34). The summed E-state index contributed by atoms with van der Waals surface area (Å²) in [6.45, 7) is 4.86. The second-order valence-corrected chi connectivity index (χ2v) is 9.09. The van der Waals surface area contributed by atoms with Gasteiger partial charge >= 0.3 is 11.8 Å². The van der Waals surface area contributed by atoms with Crippen molar-refractivity contribution in [1.82, 2.24) is 10.2 Å². The number of aryl methyl sites for hydroxylation is 1. The van der Waals surface area contributed by atoms with Crippen LogP contribution in [0.25, 0.3) is 0 Å². The van der Waals surface area contributed by atoms with Crippen molar-refractivity contribution in [2.24, 2.45) is 0 Å². The third-order valence-electron chi connectivity index (χ3n) is 6.55. The highest BCUT2D eigenvalue weighted by Gasteiger charge is 2.26. The van der Waals surface area contributed by atoms with Gasteiger partial charge in [0.05, 0.1) is 6.04 Å². The number of amides is 3. The number of carbonyl (C=O) groups is 3. The summed E-state index contributed by atoms with van der Waals surface area (Å²) in [4.78, 5) is 40.9. The van der Waals surface area contributed by atoms with Crippen LogP contribution in [0, 0.1) is 0 Å². The number of hydrogen-bond donors (Lipinski definition) is 3. The molecule has 2 heterocycles. The van der Waals surface area contributed by atoms with Crippen LogP contribution in [0.15, 0.2) is 42.5 Å². The van der Waals surface area contributed by atoms with Crippen LogP contribution < -0.4 is 20.9 Å². The molecule has 180 valence electrons. The molecule has 1 atom stereocenters. The van der Waals surface area contributed by atoms with Crippen molar-refractivity contribution >= 4 is 34.8 Å². The van der Waals surface area contributed by atoms with E-state index < -0.39 is 11.8 Å². The molecule has 8 nitrogen and oxygen atoms in total. The predicted molar refractivity (Wildman–Crippen MR) is 134 cm³/mol. The SMILES string of the molecule is CC(=O)Nc1ccc(NC(=O)C(=O)NCC(c2ccc3c(c2)CCCN3C)N2CCCC2)cc1. The van der Waals surface area contributed by atoms with Gasteiger partial charge in [0.15, 0.2) is 0 Å². The van der Waals surface area contributed by atoms with E-state index >= 15 is 0 Å². The molecule has 0 aromatic heterocycles. The lowest BCUT2D eigenvalue weighted by atomic mass is 9.96. The van der Waals surface area contributed by atoms with Gasteiger partial charge in [-0.3, -0.25) is 19.3 Å². The lowest BCUT2D eigenvalue weighted by molar-refractivity contribution is -0.136. The van der Waals surface area contributed by atoms with E-state index in [-0.39, 0.29) is 11.9 Å². The average molecular weight is 464 g/mol. The van der Waals surface area contributed by atoms with Gasteiger partial charge in [0.25, 0.3) is 0 Å². The van der Waals surface area contributed by atoms with Gasteiger partial charge in [-0.2, -0.15) is 0 Å². The van der Waals surface area contributed by atoms with Crippen LogP contribution in [0.5, 0.6) is 0 Å². The molecule has 3 N–H and O–H groups in total. The van der Waals surface area contributed by atoms with E-state index in [1.54, 1.807) is 24.3 Å². The first-order valence-corrected chi connectivity index (χ1v) is 12.0. The van der Waals surface area contributed by atoms with E-state index in [0.717, 1.165) is 45.3 Å². The zero-order chi connectivity index (χ0) is 24.1. The summed E-state index contributed by atoms with van der Waals surface area (Å²) < 4.78 is 0. The summed E-state index contributed by atoms with van der Waals surface area (Å²) in [6, 6.07) is 13.3. The Bertz CT molecular complexity index is 1050. The Kier molecular flexibility index (Phi) is 7.47. The van der Waals surface area contributed by atoms with Crippen molar-refractivity contribution in [3.63, 3.8) is 0 Å². The zero-order valence-corrected chi connectivity index (χ0v) is 19.9. The lowest BCUT2D eigenvalue weighted by Gasteiger charge is -2.31. The molecule has 34 heavy (non-hydrogen) atoms. The van der Waals surface area contributed by atoms with Crippen molar-refractivity contribution in [2.75, 3.05) is 48.8 Å². The van der Waals surface area contributed by atoms with Gasteiger partial charge in [-0.1, -0.05) is 12.1 Å². The van der Waals surface area contributed by atoms with Crippen LogP contribution in [0.2, 0.25) is 0 Å². The minimum atomic E-state index is -0.709. The van der Waals surface area contributed by atoms with Gasteiger partial charge in [0.1, 0.15) is 0 Å². The maximum absolute atomic E-state index is 12.6. The fourth-order valence-electron chi connectivity index (χ4n) is 4.82. The van der Waals surface area contributed by atoms with Crippen molar-refractivity contribution in [2.45, 2.75) is 38.6 Å². The summed E-state index contributed by atoms with van der Waals surface area (Å²) >= 11 is 0. The first kappa shape index (κ1) is 23.8. The van der Waals surface area contributed by atoms with Gasteiger partial charge in [-0.25, -0.2) is 0 Å². The monoisotopic (exact) mass is 463 g/mol. The van der Waals surface area contributed by atoms with Crippen molar-refractivity contribution < 1.29 is 14.4 Å². The number of likely N-dealkylation sites (tertiary alicyclic amines) is 1. The van der Waals surface area contributed by atoms with Gasteiger partial charge in [-0.15, -0.1) is 0 Å². The number of anilines is 3. The number of fused-ring (bicyclic) bond motifs is 1. The highest BCUT2D eigenvalue weighted by molar-refractivity contribution is 6.39. The Labute approximate surface area is 200 Å².